The van der Waals surface area contributed by atoms with Gasteiger partial charge < -0.3 is 14.8 Å². The standard InChI is InChI=1S/C18H20Cl3NO2/c1-4-23-17-8-12(7-15(21)18(17)24-11(2)3)10-22-16-6-5-13(19)9-14(16)20/h5-9,11,22H,4,10H2,1-3H3. The Labute approximate surface area is 157 Å². The molecule has 2 aromatic rings. The molecule has 0 spiro atoms. The highest BCUT2D eigenvalue weighted by Gasteiger charge is 2.14. The highest BCUT2D eigenvalue weighted by Crippen LogP contribution is 2.37. The number of nitrogens with one attached hydrogen (secondary N) is 1. The van der Waals surface area contributed by atoms with Gasteiger partial charge in [0.05, 0.1) is 28.4 Å². The van der Waals surface area contributed by atoms with E-state index in [9.17, 15) is 0 Å². The van der Waals surface area contributed by atoms with Gasteiger partial charge in [-0.25, -0.2) is 0 Å². The van der Waals surface area contributed by atoms with Crippen molar-refractivity contribution in [2.75, 3.05) is 11.9 Å². The summed E-state index contributed by atoms with van der Waals surface area (Å²) in [6, 6.07) is 9.10. The Bertz CT molecular complexity index is 705. The molecule has 0 fully saturated rings. The van der Waals surface area contributed by atoms with E-state index in [1.54, 1.807) is 12.1 Å². The summed E-state index contributed by atoms with van der Waals surface area (Å²) >= 11 is 18.5. The van der Waals surface area contributed by atoms with Gasteiger partial charge in [0.15, 0.2) is 11.5 Å². The van der Waals surface area contributed by atoms with Gasteiger partial charge in [-0.1, -0.05) is 34.8 Å². The van der Waals surface area contributed by atoms with Crippen LogP contribution in [0.15, 0.2) is 30.3 Å². The van der Waals surface area contributed by atoms with Gasteiger partial charge >= 0.3 is 0 Å². The monoisotopic (exact) mass is 387 g/mol. The summed E-state index contributed by atoms with van der Waals surface area (Å²) in [5.41, 5.74) is 1.77. The van der Waals surface area contributed by atoms with Crippen molar-refractivity contribution in [1.82, 2.24) is 0 Å². The Balaban J connectivity index is 2.21. The first-order valence-corrected chi connectivity index (χ1v) is 8.85. The summed E-state index contributed by atoms with van der Waals surface area (Å²) in [6.45, 7) is 6.90. The fourth-order valence-electron chi connectivity index (χ4n) is 2.17. The quantitative estimate of drug-likeness (QED) is 0.591. The van der Waals surface area contributed by atoms with Gasteiger partial charge in [0.2, 0.25) is 0 Å². The molecule has 0 amide bonds. The zero-order valence-electron chi connectivity index (χ0n) is 13.8. The molecule has 0 aliphatic carbocycles. The van der Waals surface area contributed by atoms with Crippen molar-refractivity contribution in [1.29, 1.82) is 0 Å². The molecule has 130 valence electrons. The number of anilines is 1. The summed E-state index contributed by atoms with van der Waals surface area (Å²) in [5.74, 6) is 1.21. The second kappa shape index (κ2) is 8.70. The molecule has 0 saturated heterocycles. The normalized spacial score (nSPS) is 10.8. The van der Waals surface area contributed by atoms with E-state index in [0.29, 0.717) is 39.7 Å². The molecule has 0 heterocycles. The number of halogens is 3. The average Bonchev–Trinajstić information content (AvgIpc) is 2.50. The van der Waals surface area contributed by atoms with E-state index >= 15 is 0 Å². The van der Waals surface area contributed by atoms with Crippen molar-refractivity contribution in [3.63, 3.8) is 0 Å². The minimum atomic E-state index is 0.0126. The third-order valence-electron chi connectivity index (χ3n) is 3.14. The Morgan fingerprint density at radius 1 is 1.04 bits per heavy atom. The third kappa shape index (κ3) is 5.10. The van der Waals surface area contributed by atoms with Gasteiger partial charge in [0.1, 0.15) is 0 Å². The lowest BCUT2D eigenvalue weighted by Crippen LogP contribution is -2.09. The van der Waals surface area contributed by atoms with Crippen molar-refractivity contribution in [3.8, 4) is 11.5 Å². The van der Waals surface area contributed by atoms with E-state index in [1.165, 1.54) is 0 Å². The van der Waals surface area contributed by atoms with Crippen LogP contribution in [0, 0.1) is 0 Å². The molecule has 2 rings (SSSR count). The molecule has 0 atom stereocenters. The number of hydrogen-bond donors (Lipinski definition) is 1. The Morgan fingerprint density at radius 3 is 2.42 bits per heavy atom. The highest BCUT2D eigenvalue weighted by molar-refractivity contribution is 6.36. The van der Waals surface area contributed by atoms with Crippen molar-refractivity contribution in [3.05, 3.63) is 51.0 Å². The summed E-state index contributed by atoms with van der Waals surface area (Å²) < 4.78 is 11.4. The van der Waals surface area contributed by atoms with Crippen molar-refractivity contribution in [2.24, 2.45) is 0 Å². The zero-order valence-corrected chi connectivity index (χ0v) is 16.1. The van der Waals surface area contributed by atoms with E-state index in [0.717, 1.165) is 11.3 Å². The van der Waals surface area contributed by atoms with Gasteiger partial charge in [-0.15, -0.1) is 0 Å². The SMILES string of the molecule is CCOc1cc(CNc2ccc(Cl)cc2Cl)cc(Cl)c1OC(C)C. The molecule has 0 unspecified atom stereocenters. The molecule has 6 heteroatoms. The van der Waals surface area contributed by atoms with Gasteiger partial charge in [-0.2, -0.15) is 0 Å². The maximum Gasteiger partial charge on any atom is 0.180 e. The van der Waals surface area contributed by atoms with E-state index in [4.69, 9.17) is 44.3 Å². The summed E-state index contributed by atoms with van der Waals surface area (Å²) in [6.07, 6.45) is 0.0126. The molecule has 0 bridgehead atoms. The first-order valence-electron chi connectivity index (χ1n) is 7.71. The van der Waals surface area contributed by atoms with E-state index in [1.807, 2.05) is 39.0 Å². The highest BCUT2D eigenvalue weighted by atomic mass is 35.5. The van der Waals surface area contributed by atoms with Gasteiger partial charge in [-0.3, -0.25) is 0 Å². The lowest BCUT2D eigenvalue weighted by Gasteiger charge is -2.18. The largest absolute Gasteiger partial charge is 0.490 e. The van der Waals surface area contributed by atoms with Gasteiger partial charge in [-0.05, 0) is 56.7 Å². The molecule has 2 aromatic carbocycles. The minimum absolute atomic E-state index is 0.0126. The summed E-state index contributed by atoms with van der Waals surface area (Å²) in [4.78, 5) is 0. The second-order valence-corrected chi connectivity index (χ2v) is 6.73. The molecule has 0 saturated carbocycles. The van der Waals surface area contributed by atoms with Gasteiger partial charge in [0, 0.05) is 11.6 Å². The van der Waals surface area contributed by atoms with Crippen LogP contribution in [0.4, 0.5) is 5.69 Å². The number of ether oxygens (including phenoxy) is 2. The predicted octanol–water partition coefficient (Wildman–Crippen LogP) is 6.44. The number of hydrogen-bond acceptors (Lipinski definition) is 3. The fourth-order valence-corrected chi connectivity index (χ4v) is 2.92. The Hall–Kier alpha value is -1.29. The second-order valence-electron chi connectivity index (χ2n) is 5.48. The van der Waals surface area contributed by atoms with Crippen molar-refractivity contribution >= 4 is 40.5 Å². The van der Waals surface area contributed by atoms with Crippen LogP contribution in [0.25, 0.3) is 0 Å². The van der Waals surface area contributed by atoms with E-state index in [-0.39, 0.29) is 6.10 Å². The molecule has 0 aliphatic rings. The van der Waals surface area contributed by atoms with Crippen LogP contribution in [0.2, 0.25) is 15.1 Å². The molecule has 3 nitrogen and oxygen atoms in total. The molecular weight excluding hydrogens is 369 g/mol. The molecule has 0 radical (unpaired) electrons. The summed E-state index contributed by atoms with van der Waals surface area (Å²) in [5, 5.41) is 4.96. The molecule has 1 N–H and O–H groups in total. The van der Waals surface area contributed by atoms with Crippen LogP contribution in [-0.2, 0) is 6.54 Å². The maximum absolute atomic E-state index is 6.37. The lowest BCUT2D eigenvalue weighted by atomic mass is 10.2. The zero-order chi connectivity index (χ0) is 17.7. The van der Waals surface area contributed by atoms with Crippen LogP contribution in [0.3, 0.4) is 0 Å². The lowest BCUT2D eigenvalue weighted by molar-refractivity contribution is 0.224. The predicted molar refractivity (Wildman–Crippen MR) is 102 cm³/mol. The fraction of sp³-hybridized carbons (Fsp3) is 0.333. The minimum Gasteiger partial charge on any atom is -0.490 e. The number of rotatable bonds is 7. The number of benzene rings is 2. The smallest absolute Gasteiger partial charge is 0.180 e. The summed E-state index contributed by atoms with van der Waals surface area (Å²) in [7, 11) is 0. The maximum atomic E-state index is 6.37. The van der Waals surface area contributed by atoms with Crippen LogP contribution in [-0.4, -0.2) is 12.7 Å². The van der Waals surface area contributed by atoms with Crippen LogP contribution < -0.4 is 14.8 Å². The average molecular weight is 389 g/mol. The Kier molecular flexibility index (Phi) is 6.90. The third-order valence-corrected chi connectivity index (χ3v) is 3.97. The van der Waals surface area contributed by atoms with E-state index < -0.39 is 0 Å². The van der Waals surface area contributed by atoms with Gasteiger partial charge in [0.25, 0.3) is 0 Å². The first kappa shape index (κ1) is 19.0. The van der Waals surface area contributed by atoms with Crippen molar-refractivity contribution < 1.29 is 9.47 Å². The van der Waals surface area contributed by atoms with E-state index in [2.05, 4.69) is 5.32 Å². The van der Waals surface area contributed by atoms with Crippen LogP contribution in [0.5, 0.6) is 11.5 Å². The molecule has 0 aromatic heterocycles. The topological polar surface area (TPSA) is 30.5 Å². The molecular formula is C18H20Cl3NO2. The van der Waals surface area contributed by atoms with Crippen molar-refractivity contribution in [2.45, 2.75) is 33.4 Å². The molecule has 24 heavy (non-hydrogen) atoms. The Morgan fingerprint density at radius 2 is 1.79 bits per heavy atom. The van der Waals surface area contributed by atoms with Crippen LogP contribution in [0.1, 0.15) is 26.3 Å². The van der Waals surface area contributed by atoms with Crippen LogP contribution >= 0.6 is 34.8 Å². The molecule has 0 aliphatic heterocycles. The first-order chi connectivity index (χ1) is 11.4.